The van der Waals surface area contributed by atoms with Gasteiger partial charge in [-0.1, -0.05) is 17.5 Å². The van der Waals surface area contributed by atoms with E-state index < -0.39 is 5.41 Å². The maximum absolute atomic E-state index is 12.7. The van der Waals surface area contributed by atoms with Gasteiger partial charge in [0.15, 0.2) is 5.01 Å². The van der Waals surface area contributed by atoms with Crippen molar-refractivity contribution in [3.8, 4) is 17.6 Å². The fourth-order valence-electron chi connectivity index (χ4n) is 4.55. The molecule has 2 aromatic heterocycles. The van der Waals surface area contributed by atoms with E-state index in [1.54, 1.807) is 19.5 Å². The van der Waals surface area contributed by atoms with Crippen molar-refractivity contribution in [2.45, 2.75) is 32.1 Å². The number of piperidine rings is 1. The smallest absolute Gasteiger partial charge is 0.249 e. The monoisotopic (exact) mass is 498 g/mol. The minimum atomic E-state index is -0.610. The van der Waals surface area contributed by atoms with E-state index in [4.69, 9.17) is 16.3 Å². The number of likely N-dealkylation sites (tertiary alicyclic amines) is 1. The van der Waals surface area contributed by atoms with Crippen LogP contribution in [0.1, 0.15) is 36.3 Å². The number of carbonyl (C=O) groups is 1. The number of pyridine rings is 1. The predicted molar refractivity (Wildman–Crippen MR) is 133 cm³/mol. The van der Waals surface area contributed by atoms with Gasteiger partial charge in [0.2, 0.25) is 5.91 Å². The zero-order valence-corrected chi connectivity index (χ0v) is 20.6. The molecule has 0 radical (unpaired) electrons. The van der Waals surface area contributed by atoms with Crippen LogP contribution in [0.15, 0.2) is 36.0 Å². The first-order chi connectivity index (χ1) is 16.5. The number of amides is 1. The Labute approximate surface area is 208 Å². The van der Waals surface area contributed by atoms with Crippen molar-refractivity contribution in [2.75, 3.05) is 26.7 Å². The summed E-state index contributed by atoms with van der Waals surface area (Å²) in [5.41, 5.74) is 3.16. The molecule has 1 aromatic carbocycles. The van der Waals surface area contributed by atoms with Crippen LogP contribution in [-0.2, 0) is 11.2 Å². The fraction of sp³-hybridized carbons (Fsp3) is 0.400. The molecule has 1 aliphatic rings. The largest absolute Gasteiger partial charge is 0.497 e. The van der Waals surface area contributed by atoms with E-state index in [9.17, 15) is 10.0 Å². The first kappa shape index (κ1) is 24.4. The molecule has 3 heterocycles. The van der Waals surface area contributed by atoms with Gasteiger partial charge in [0.05, 0.1) is 29.6 Å². The number of nitrogens with one attached hydrogen (secondary N) is 1. The molecule has 7 nitrogen and oxygen atoms in total. The lowest BCUT2D eigenvalue weighted by atomic mass is 9.73. The van der Waals surface area contributed by atoms with Crippen LogP contribution >= 0.6 is 22.9 Å². The number of hydrogen-bond donors (Lipinski definition) is 2. The molecule has 34 heavy (non-hydrogen) atoms. The molecular weight excluding hydrogens is 472 g/mol. The van der Waals surface area contributed by atoms with E-state index in [2.05, 4.69) is 26.7 Å². The highest BCUT2D eigenvalue weighted by Gasteiger charge is 2.40. The van der Waals surface area contributed by atoms with Crippen LogP contribution in [0, 0.1) is 17.3 Å². The molecule has 3 aromatic rings. The number of fused-ring (bicyclic) bond motifs is 1. The summed E-state index contributed by atoms with van der Waals surface area (Å²) in [7, 11) is 1.63. The number of thiazole rings is 1. The Hall–Kier alpha value is -2.70. The summed E-state index contributed by atoms with van der Waals surface area (Å²) >= 11 is 8.03. The van der Waals surface area contributed by atoms with Crippen LogP contribution in [0.2, 0.25) is 5.02 Å². The van der Waals surface area contributed by atoms with E-state index in [-0.39, 0.29) is 5.91 Å². The minimum Gasteiger partial charge on any atom is -0.497 e. The van der Waals surface area contributed by atoms with Crippen LogP contribution in [-0.4, -0.2) is 52.7 Å². The van der Waals surface area contributed by atoms with Gasteiger partial charge in [-0.15, -0.1) is 11.3 Å². The third kappa shape index (κ3) is 5.50. The average molecular weight is 499 g/mol. The van der Waals surface area contributed by atoms with Crippen molar-refractivity contribution < 1.29 is 14.7 Å². The number of aromatic nitrogens is 2. The van der Waals surface area contributed by atoms with Crippen molar-refractivity contribution in [3.63, 3.8) is 0 Å². The lowest BCUT2D eigenvalue weighted by Gasteiger charge is -2.39. The number of hydrogen-bond acceptors (Lipinski definition) is 7. The summed E-state index contributed by atoms with van der Waals surface area (Å²) in [5, 5.41) is 13.7. The van der Waals surface area contributed by atoms with Gasteiger partial charge in [-0.25, -0.2) is 10.5 Å². The lowest BCUT2D eigenvalue weighted by molar-refractivity contribution is -0.143. The molecular formula is C25H27ClN4O3S. The van der Waals surface area contributed by atoms with Gasteiger partial charge < -0.3 is 4.74 Å². The molecule has 1 amide bonds. The molecule has 2 N–H and O–H groups in total. The highest BCUT2D eigenvalue weighted by Crippen LogP contribution is 2.38. The second kappa shape index (κ2) is 11.2. The summed E-state index contributed by atoms with van der Waals surface area (Å²) < 4.78 is 5.37. The molecule has 1 saturated heterocycles. The third-order valence-electron chi connectivity index (χ3n) is 6.54. The number of nitrogens with zero attached hydrogens (tertiary/aromatic N) is 3. The Morgan fingerprint density at radius 2 is 2.18 bits per heavy atom. The average Bonchev–Trinajstić information content (AvgIpc) is 3.39. The van der Waals surface area contributed by atoms with Gasteiger partial charge in [0, 0.05) is 36.2 Å². The highest BCUT2D eigenvalue weighted by atomic mass is 35.5. The van der Waals surface area contributed by atoms with Crippen molar-refractivity contribution in [1.29, 1.82) is 0 Å². The van der Waals surface area contributed by atoms with E-state index in [0.717, 1.165) is 46.7 Å². The summed E-state index contributed by atoms with van der Waals surface area (Å²) in [6.07, 6.45) is 6.86. The first-order valence-corrected chi connectivity index (χ1v) is 12.5. The maximum atomic E-state index is 12.7. The predicted octanol–water partition coefficient (Wildman–Crippen LogP) is 4.32. The molecule has 9 heteroatoms. The molecule has 0 saturated carbocycles. The van der Waals surface area contributed by atoms with Gasteiger partial charge in [0.1, 0.15) is 5.75 Å². The Bertz CT molecular complexity index is 1200. The molecule has 1 aliphatic heterocycles. The molecule has 178 valence electrons. The Kier molecular flexibility index (Phi) is 8.01. The highest BCUT2D eigenvalue weighted by molar-refractivity contribution is 7.10. The first-order valence-electron chi connectivity index (χ1n) is 11.2. The number of methoxy groups -OCH3 is 1. The molecule has 1 fully saturated rings. The third-order valence-corrected chi connectivity index (χ3v) is 7.56. The number of hydroxylamine groups is 1. The lowest BCUT2D eigenvalue weighted by Crippen LogP contribution is -2.48. The van der Waals surface area contributed by atoms with Gasteiger partial charge in [-0.05, 0) is 61.8 Å². The van der Waals surface area contributed by atoms with E-state index in [1.165, 1.54) is 11.3 Å². The van der Waals surface area contributed by atoms with Gasteiger partial charge in [-0.3, -0.25) is 19.9 Å². The van der Waals surface area contributed by atoms with E-state index in [0.29, 0.717) is 37.3 Å². The van der Waals surface area contributed by atoms with Crippen molar-refractivity contribution in [2.24, 2.45) is 5.41 Å². The summed E-state index contributed by atoms with van der Waals surface area (Å²) in [4.78, 5) is 23.5. The van der Waals surface area contributed by atoms with Crippen LogP contribution in [0.4, 0.5) is 0 Å². The quantitative estimate of drug-likeness (QED) is 0.286. The van der Waals surface area contributed by atoms with Crippen molar-refractivity contribution >= 4 is 39.7 Å². The second-order valence-corrected chi connectivity index (χ2v) is 9.76. The van der Waals surface area contributed by atoms with Gasteiger partial charge >= 0.3 is 0 Å². The number of carbonyl (C=O) groups excluding carboxylic acids is 1. The number of halogens is 1. The van der Waals surface area contributed by atoms with E-state index >= 15 is 0 Å². The van der Waals surface area contributed by atoms with Gasteiger partial charge in [-0.2, -0.15) is 0 Å². The number of ether oxygens (including phenoxy) is 1. The van der Waals surface area contributed by atoms with Crippen molar-refractivity contribution in [3.05, 3.63) is 51.6 Å². The molecule has 0 atom stereocenters. The zero-order chi connectivity index (χ0) is 24.0. The number of aryl methyl sites for hydroxylation is 1. The SMILES string of the molecule is COc1ccc2ncc(Cl)c(CCCC3(C(=O)NO)CCN(CC#Cc4nccs4)CC3)c2c1. The molecule has 0 spiro atoms. The molecule has 4 rings (SSSR count). The summed E-state index contributed by atoms with van der Waals surface area (Å²) in [6.45, 7) is 2.13. The maximum Gasteiger partial charge on any atom is 0.249 e. The Morgan fingerprint density at radius 3 is 2.88 bits per heavy atom. The molecule has 0 aliphatic carbocycles. The van der Waals surface area contributed by atoms with Crippen LogP contribution in [0.25, 0.3) is 10.9 Å². The Balaban J connectivity index is 1.41. The topological polar surface area (TPSA) is 87.6 Å². The molecule has 0 bridgehead atoms. The summed E-state index contributed by atoms with van der Waals surface area (Å²) in [5.74, 6) is 6.68. The van der Waals surface area contributed by atoms with Crippen LogP contribution < -0.4 is 10.2 Å². The minimum absolute atomic E-state index is 0.312. The standard InChI is InChI=1S/C25H27ClN4O3S/c1-33-18-6-7-22-20(16-18)19(21(26)17-28-22)4-2-8-25(24(31)29-32)9-13-30(14-10-25)12-3-5-23-27-11-15-34-23/h6-7,11,15-17,32H,2,4,8-10,12-14H2,1H3,(H,29,31). The summed E-state index contributed by atoms with van der Waals surface area (Å²) in [6, 6.07) is 5.75. The fourth-order valence-corrected chi connectivity index (χ4v) is 5.30. The second-order valence-electron chi connectivity index (χ2n) is 8.46. The normalized spacial score (nSPS) is 15.5. The zero-order valence-electron chi connectivity index (χ0n) is 19.0. The number of rotatable bonds is 7. The van der Waals surface area contributed by atoms with Crippen LogP contribution in [0.3, 0.4) is 0 Å². The molecule has 0 unspecified atom stereocenters. The van der Waals surface area contributed by atoms with Crippen molar-refractivity contribution in [1.82, 2.24) is 20.3 Å². The van der Waals surface area contributed by atoms with Gasteiger partial charge in [0.25, 0.3) is 0 Å². The Morgan fingerprint density at radius 1 is 1.35 bits per heavy atom. The van der Waals surface area contributed by atoms with Crippen LogP contribution in [0.5, 0.6) is 5.75 Å². The number of benzene rings is 1. The van der Waals surface area contributed by atoms with E-state index in [1.807, 2.05) is 29.1 Å².